The molecule has 2 atom stereocenters. The van der Waals surface area contributed by atoms with Crippen molar-refractivity contribution >= 4 is 5.57 Å². The van der Waals surface area contributed by atoms with Gasteiger partial charge in [0, 0.05) is 11.8 Å². The predicted octanol–water partition coefficient (Wildman–Crippen LogP) is 6.61. The summed E-state index contributed by atoms with van der Waals surface area (Å²) in [6.07, 6.45) is 6.16. The van der Waals surface area contributed by atoms with Gasteiger partial charge in [-0.3, -0.25) is 0 Å². The number of hydrogen-bond acceptors (Lipinski definition) is 1. The highest BCUT2D eigenvalue weighted by atomic mass is 16.3. The van der Waals surface area contributed by atoms with E-state index < -0.39 is 0 Å². The fourth-order valence-electron chi connectivity index (χ4n) is 4.36. The maximum atomic E-state index is 10.4. The van der Waals surface area contributed by atoms with Crippen LogP contribution < -0.4 is 0 Å². The molecule has 0 amide bonds. The number of rotatable bonds is 1. The number of fused-ring (bicyclic) bond motifs is 1. The zero-order chi connectivity index (χ0) is 17.7. The van der Waals surface area contributed by atoms with Gasteiger partial charge in [0.15, 0.2) is 0 Å². The van der Waals surface area contributed by atoms with E-state index in [4.69, 9.17) is 0 Å². The lowest BCUT2D eigenvalue weighted by Gasteiger charge is -2.47. The summed E-state index contributed by atoms with van der Waals surface area (Å²) in [5.74, 6) is 0.907. The maximum absolute atomic E-state index is 10.4. The molecule has 0 aromatic heterocycles. The van der Waals surface area contributed by atoms with E-state index >= 15 is 0 Å². The van der Waals surface area contributed by atoms with Gasteiger partial charge in [0.2, 0.25) is 0 Å². The van der Waals surface area contributed by atoms with Crippen LogP contribution >= 0.6 is 0 Å². The molecular weight excluding hydrogens is 292 g/mol. The summed E-state index contributed by atoms with van der Waals surface area (Å²) >= 11 is 0. The minimum atomic E-state index is -0.0833. The number of hydrogen-bond donors (Lipinski definition) is 1. The molecule has 1 heteroatoms. The molecule has 1 N–H and O–H groups in total. The summed E-state index contributed by atoms with van der Waals surface area (Å²) in [6.45, 7) is 13.5. The Morgan fingerprint density at radius 2 is 1.71 bits per heavy atom. The summed E-state index contributed by atoms with van der Waals surface area (Å²) in [4.78, 5) is 0. The van der Waals surface area contributed by atoms with E-state index in [1.165, 1.54) is 27.8 Å². The van der Waals surface area contributed by atoms with Gasteiger partial charge in [0.1, 0.15) is 0 Å². The van der Waals surface area contributed by atoms with Crippen LogP contribution in [0.15, 0.2) is 53.3 Å². The molecule has 1 aromatic rings. The highest BCUT2D eigenvalue weighted by molar-refractivity contribution is 5.84. The van der Waals surface area contributed by atoms with Gasteiger partial charge in [-0.2, -0.15) is 0 Å². The van der Waals surface area contributed by atoms with E-state index in [9.17, 15) is 5.11 Å². The van der Waals surface area contributed by atoms with Crippen LogP contribution in [0.4, 0.5) is 0 Å². The molecule has 3 rings (SSSR count). The third-order valence-electron chi connectivity index (χ3n) is 5.74. The van der Waals surface area contributed by atoms with E-state index in [1.807, 2.05) is 0 Å². The molecular formula is C23H30O. The van der Waals surface area contributed by atoms with Crippen LogP contribution in [0.2, 0.25) is 0 Å². The molecule has 24 heavy (non-hydrogen) atoms. The van der Waals surface area contributed by atoms with Gasteiger partial charge in [0.05, 0.1) is 5.76 Å². The molecule has 2 aliphatic carbocycles. The Bertz CT molecular complexity index is 737. The van der Waals surface area contributed by atoms with Crippen LogP contribution in [0.5, 0.6) is 0 Å². The molecule has 0 radical (unpaired) electrons. The van der Waals surface area contributed by atoms with Gasteiger partial charge >= 0.3 is 0 Å². The lowest BCUT2D eigenvalue weighted by molar-refractivity contribution is 0.198. The predicted molar refractivity (Wildman–Crippen MR) is 103 cm³/mol. The first-order valence-electron chi connectivity index (χ1n) is 9.01. The zero-order valence-corrected chi connectivity index (χ0v) is 15.9. The normalized spacial score (nSPS) is 27.5. The van der Waals surface area contributed by atoms with Crippen LogP contribution in [0.1, 0.15) is 58.6 Å². The molecule has 1 nitrogen and oxygen atoms in total. The Morgan fingerprint density at radius 1 is 1.08 bits per heavy atom. The summed E-state index contributed by atoms with van der Waals surface area (Å²) in [7, 11) is 0. The van der Waals surface area contributed by atoms with Crippen molar-refractivity contribution in [2.45, 2.75) is 54.4 Å². The molecule has 0 saturated carbocycles. The first-order valence-corrected chi connectivity index (χ1v) is 9.01. The standard InChI is InChI=1S/C23H30O/c1-15-7-9-17(10-8-15)20-16(2)11-12-23(6)14-18(24)13-19(21(20)23)22(3,4)5/h7-11,14,19,24H,12-13H2,1-6H3. The minimum absolute atomic E-state index is 0.0833. The molecule has 2 aliphatic rings. The average molecular weight is 322 g/mol. The largest absolute Gasteiger partial charge is 0.513 e. The van der Waals surface area contributed by atoms with Crippen molar-refractivity contribution in [3.05, 3.63) is 64.4 Å². The van der Waals surface area contributed by atoms with Crippen LogP contribution in [0, 0.1) is 23.7 Å². The Hall–Kier alpha value is -1.76. The van der Waals surface area contributed by atoms with Gasteiger partial charge in [-0.1, -0.05) is 63.6 Å². The summed E-state index contributed by atoms with van der Waals surface area (Å²) in [5.41, 5.74) is 6.91. The fourth-order valence-corrected chi connectivity index (χ4v) is 4.36. The van der Waals surface area contributed by atoms with E-state index in [1.54, 1.807) is 0 Å². The zero-order valence-electron chi connectivity index (χ0n) is 15.9. The molecule has 1 aromatic carbocycles. The molecule has 0 saturated heterocycles. The van der Waals surface area contributed by atoms with Gasteiger partial charge in [0.25, 0.3) is 0 Å². The summed E-state index contributed by atoms with van der Waals surface area (Å²) in [5, 5.41) is 10.4. The lowest BCUT2D eigenvalue weighted by atomic mass is 9.57. The Morgan fingerprint density at radius 3 is 2.29 bits per heavy atom. The van der Waals surface area contributed by atoms with Gasteiger partial charge in [-0.15, -0.1) is 0 Å². The third kappa shape index (κ3) is 2.85. The second kappa shape index (κ2) is 5.65. The second-order valence-electron chi connectivity index (χ2n) is 8.92. The van der Waals surface area contributed by atoms with Crippen molar-refractivity contribution in [2.24, 2.45) is 16.7 Å². The van der Waals surface area contributed by atoms with Crippen LogP contribution in [0.25, 0.3) is 5.57 Å². The van der Waals surface area contributed by atoms with Crippen LogP contribution in [-0.4, -0.2) is 5.11 Å². The van der Waals surface area contributed by atoms with Crippen LogP contribution in [0.3, 0.4) is 0 Å². The molecule has 0 fully saturated rings. The first kappa shape index (κ1) is 17.1. The van der Waals surface area contributed by atoms with E-state index in [0.717, 1.165) is 12.8 Å². The molecule has 0 aliphatic heterocycles. The smallest absolute Gasteiger partial charge is 0.0897 e. The highest BCUT2D eigenvalue weighted by Gasteiger charge is 2.44. The number of benzene rings is 1. The minimum Gasteiger partial charge on any atom is -0.513 e. The molecule has 2 unspecified atom stereocenters. The van der Waals surface area contributed by atoms with Gasteiger partial charge in [-0.25, -0.2) is 0 Å². The summed E-state index contributed by atoms with van der Waals surface area (Å²) < 4.78 is 0. The topological polar surface area (TPSA) is 20.2 Å². The van der Waals surface area contributed by atoms with E-state index in [2.05, 4.69) is 78.0 Å². The maximum Gasteiger partial charge on any atom is 0.0897 e. The van der Waals surface area contributed by atoms with Crippen molar-refractivity contribution in [1.82, 2.24) is 0 Å². The number of allylic oxidation sites excluding steroid dienone is 6. The quantitative estimate of drug-likeness (QED) is 0.616. The van der Waals surface area contributed by atoms with Crippen LogP contribution in [-0.2, 0) is 0 Å². The van der Waals surface area contributed by atoms with Crippen molar-refractivity contribution in [3.63, 3.8) is 0 Å². The summed E-state index contributed by atoms with van der Waals surface area (Å²) in [6, 6.07) is 8.89. The lowest BCUT2D eigenvalue weighted by Crippen LogP contribution is -2.36. The molecule has 0 bridgehead atoms. The monoisotopic (exact) mass is 322 g/mol. The number of aliphatic hydroxyl groups is 1. The Kier molecular flexibility index (Phi) is 4.02. The van der Waals surface area contributed by atoms with Crippen molar-refractivity contribution in [2.75, 3.05) is 0 Å². The van der Waals surface area contributed by atoms with Crippen molar-refractivity contribution < 1.29 is 5.11 Å². The number of aryl methyl sites for hydroxylation is 1. The SMILES string of the molecule is CC1=CCC2(C)C=C(O)CC(C(C)(C)C)C2=C1c1ccc(C)cc1. The van der Waals surface area contributed by atoms with Gasteiger partial charge in [-0.05, 0) is 60.0 Å². The molecule has 0 spiro atoms. The molecule has 128 valence electrons. The highest BCUT2D eigenvalue weighted by Crippen LogP contribution is 2.56. The van der Waals surface area contributed by atoms with E-state index in [-0.39, 0.29) is 10.8 Å². The van der Waals surface area contributed by atoms with Gasteiger partial charge < -0.3 is 5.11 Å². The number of aliphatic hydroxyl groups excluding tert-OH is 1. The fraction of sp³-hybridized carbons (Fsp3) is 0.478. The first-order chi connectivity index (χ1) is 11.1. The van der Waals surface area contributed by atoms with E-state index in [0.29, 0.717) is 11.7 Å². The average Bonchev–Trinajstić information content (AvgIpc) is 2.47. The van der Waals surface area contributed by atoms with Crippen molar-refractivity contribution in [1.29, 1.82) is 0 Å². The van der Waals surface area contributed by atoms with Crippen molar-refractivity contribution in [3.8, 4) is 0 Å². The molecule has 0 heterocycles. The Labute approximate surface area is 146 Å². The third-order valence-corrected chi connectivity index (χ3v) is 5.74. The second-order valence-corrected chi connectivity index (χ2v) is 8.92. The Balaban J connectivity index is 2.29.